The minimum Gasteiger partial charge on any atom is -0.370 e. The number of hydrogen-bond donors (Lipinski definition) is 1. The van der Waals surface area contributed by atoms with Gasteiger partial charge < -0.3 is 15.1 Å². The fourth-order valence-electron chi connectivity index (χ4n) is 2.05. The summed E-state index contributed by atoms with van der Waals surface area (Å²) in [6.07, 6.45) is 1.02. The molecule has 1 rings (SSSR count). The molecular weight excluding hydrogens is 266 g/mol. The lowest BCUT2D eigenvalue weighted by molar-refractivity contribution is 0.0766. The van der Waals surface area contributed by atoms with Crippen molar-refractivity contribution in [3.05, 3.63) is 17.6 Å². The van der Waals surface area contributed by atoms with Crippen molar-refractivity contribution in [3.8, 4) is 0 Å². The van der Waals surface area contributed by atoms with E-state index in [9.17, 15) is 4.79 Å². The summed E-state index contributed by atoms with van der Waals surface area (Å²) in [5.74, 6) is 1.29. The molecular formula is C15H27N5O. The van der Waals surface area contributed by atoms with E-state index in [-0.39, 0.29) is 5.91 Å². The smallest absolute Gasteiger partial charge is 0.272 e. The molecule has 118 valence electrons. The standard InChI is InChI=1S/C15H27N5O/c1-6-20(7-2)15(21)13-11-14(18-12(3)17-13)16-9-8-10-19(4)5/h11H,6-10H2,1-5H3,(H,16,17,18). The molecule has 0 spiro atoms. The van der Waals surface area contributed by atoms with Crippen molar-refractivity contribution in [2.24, 2.45) is 0 Å². The molecule has 1 heterocycles. The summed E-state index contributed by atoms with van der Waals surface area (Å²) in [7, 11) is 4.10. The van der Waals surface area contributed by atoms with Crippen molar-refractivity contribution in [1.29, 1.82) is 0 Å². The van der Waals surface area contributed by atoms with Crippen molar-refractivity contribution >= 4 is 11.7 Å². The number of hydrogen-bond acceptors (Lipinski definition) is 5. The largest absolute Gasteiger partial charge is 0.370 e. The summed E-state index contributed by atoms with van der Waals surface area (Å²) in [6, 6.07) is 1.74. The maximum atomic E-state index is 12.3. The number of anilines is 1. The zero-order valence-corrected chi connectivity index (χ0v) is 13.8. The van der Waals surface area contributed by atoms with Gasteiger partial charge in [0.2, 0.25) is 0 Å². The zero-order chi connectivity index (χ0) is 15.8. The van der Waals surface area contributed by atoms with Gasteiger partial charge in [0.05, 0.1) is 0 Å². The van der Waals surface area contributed by atoms with Gasteiger partial charge in [0.1, 0.15) is 17.3 Å². The lowest BCUT2D eigenvalue weighted by Crippen LogP contribution is -2.31. The Morgan fingerprint density at radius 3 is 2.48 bits per heavy atom. The average Bonchev–Trinajstić information content (AvgIpc) is 2.44. The molecule has 0 fully saturated rings. The van der Waals surface area contributed by atoms with E-state index in [0.717, 1.165) is 25.3 Å². The molecule has 0 saturated heterocycles. The van der Waals surface area contributed by atoms with E-state index in [4.69, 9.17) is 0 Å². The highest BCUT2D eigenvalue weighted by molar-refractivity contribution is 5.92. The highest BCUT2D eigenvalue weighted by Gasteiger charge is 2.15. The Labute approximate surface area is 127 Å². The Morgan fingerprint density at radius 1 is 1.24 bits per heavy atom. The molecule has 6 nitrogen and oxygen atoms in total. The molecule has 0 aromatic carbocycles. The van der Waals surface area contributed by atoms with Gasteiger partial charge >= 0.3 is 0 Å². The van der Waals surface area contributed by atoms with Crippen LogP contribution in [0.4, 0.5) is 5.82 Å². The molecule has 0 saturated carbocycles. The Balaban J connectivity index is 2.73. The van der Waals surface area contributed by atoms with Crippen LogP contribution in [0.2, 0.25) is 0 Å². The Morgan fingerprint density at radius 2 is 1.90 bits per heavy atom. The van der Waals surface area contributed by atoms with E-state index >= 15 is 0 Å². The normalized spacial score (nSPS) is 10.8. The van der Waals surface area contributed by atoms with Crippen LogP contribution in [-0.4, -0.2) is 65.9 Å². The Bertz CT molecular complexity index is 457. The average molecular weight is 293 g/mol. The van der Waals surface area contributed by atoms with Crippen molar-refractivity contribution < 1.29 is 4.79 Å². The summed E-state index contributed by atoms with van der Waals surface area (Å²) in [6.45, 7) is 8.96. The van der Waals surface area contributed by atoms with Crippen LogP contribution in [0.1, 0.15) is 36.6 Å². The number of amides is 1. The lowest BCUT2D eigenvalue weighted by atomic mass is 10.3. The van der Waals surface area contributed by atoms with E-state index in [1.165, 1.54) is 0 Å². The second-order valence-corrected chi connectivity index (χ2v) is 5.25. The van der Waals surface area contributed by atoms with Crippen LogP contribution >= 0.6 is 0 Å². The molecule has 1 aromatic rings. The van der Waals surface area contributed by atoms with Crippen molar-refractivity contribution in [1.82, 2.24) is 19.8 Å². The molecule has 0 aliphatic carbocycles. The maximum absolute atomic E-state index is 12.3. The van der Waals surface area contributed by atoms with Crippen LogP contribution < -0.4 is 5.32 Å². The predicted octanol–water partition coefficient (Wildman–Crippen LogP) is 1.63. The Kier molecular flexibility index (Phi) is 7.08. The molecule has 6 heteroatoms. The first kappa shape index (κ1) is 17.4. The van der Waals surface area contributed by atoms with Gasteiger partial charge in [-0.05, 0) is 47.8 Å². The van der Waals surface area contributed by atoms with E-state index in [2.05, 4.69) is 34.3 Å². The van der Waals surface area contributed by atoms with Crippen LogP contribution in [0.15, 0.2) is 6.07 Å². The molecule has 1 aromatic heterocycles. The van der Waals surface area contributed by atoms with Gasteiger partial charge in [-0.2, -0.15) is 0 Å². The van der Waals surface area contributed by atoms with Crippen molar-refractivity contribution in [2.75, 3.05) is 45.6 Å². The third-order valence-corrected chi connectivity index (χ3v) is 3.20. The summed E-state index contributed by atoms with van der Waals surface area (Å²) >= 11 is 0. The molecule has 0 atom stereocenters. The van der Waals surface area contributed by atoms with Crippen LogP contribution in [-0.2, 0) is 0 Å². The summed E-state index contributed by atoms with van der Waals surface area (Å²) in [4.78, 5) is 24.8. The number of rotatable bonds is 8. The molecule has 1 N–H and O–H groups in total. The van der Waals surface area contributed by atoms with E-state index in [1.54, 1.807) is 11.0 Å². The maximum Gasteiger partial charge on any atom is 0.272 e. The van der Waals surface area contributed by atoms with Crippen LogP contribution in [0.3, 0.4) is 0 Å². The minimum atomic E-state index is -0.0400. The minimum absolute atomic E-state index is 0.0400. The lowest BCUT2D eigenvalue weighted by Gasteiger charge is -2.18. The summed E-state index contributed by atoms with van der Waals surface area (Å²) in [5, 5.41) is 3.26. The first-order valence-corrected chi connectivity index (χ1v) is 7.51. The summed E-state index contributed by atoms with van der Waals surface area (Å²) in [5.41, 5.74) is 0.460. The molecule has 21 heavy (non-hydrogen) atoms. The monoisotopic (exact) mass is 293 g/mol. The van der Waals surface area contributed by atoms with Gasteiger partial charge in [-0.25, -0.2) is 9.97 Å². The number of nitrogens with zero attached hydrogens (tertiary/aromatic N) is 4. The van der Waals surface area contributed by atoms with E-state index in [0.29, 0.717) is 24.6 Å². The van der Waals surface area contributed by atoms with E-state index in [1.807, 2.05) is 20.8 Å². The molecule has 0 radical (unpaired) electrons. The van der Waals surface area contributed by atoms with Crippen molar-refractivity contribution in [3.63, 3.8) is 0 Å². The van der Waals surface area contributed by atoms with E-state index < -0.39 is 0 Å². The third-order valence-electron chi connectivity index (χ3n) is 3.20. The zero-order valence-electron chi connectivity index (χ0n) is 13.8. The van der Waals surface area contributed by atoms with Gasteiger partial charge in [0, 0.05) is 25.7 Å². The molecule has 0 aliphatic rings. The number of carbonyl (C=O) groups excluding carboxylic acids is 1. The summed E-state index contributed by atoms with van der Waals surface area (Å²) < 4.78 is 0. The van der Waals surface area contributed by atoms with Gasteiger partial charge in [0.25, 0.3) is 5.91 Å². The van der Waals surface area contributed by atoms with Gasteiger partial charge in [-0.3, -0.25) is 4.79 Å². The molecule has 0 unspecified atom stereocenters. The topological polar surface area (TPSA) is 61.4 Å². The molecule has 1 amide bonds. The Hall–Kier alpha value is -1.69. The van der Waals surface area contributed by atoms with Gasteiger partial charge in [-0.1, -0.05) is 0 Å². The third kappa shape index (κ3) is 5.67. The quantitative estimate of drug-likeness (QED) is 0.738. The SMILES string of the molecule is CCN(CC)C(=O)c1cc(NCCCN(C)C)nc(C)n1. The van der Waals surface area contributed by atoms with Crippen LogP contribution in [0.5, 0.6) is 0 Å². The second kappa shape index (κ2) is 8.56. The second-order valence-electron chi connectivity index (χ2n) is 5.25. The highest BCUT2D eigenvalue weighted by Crippen LogP contribution is 2.09. The predicted molar refractivity (Wildman–Crippen MR) is 85.7 cm³/mol. The first-order valence-electron chi connectivity index (χ1n) is 7.51. The highest BCUT2D eigenvalue weighted by atomic mass is 16.2. The number of aryl methyl sites for hydroxylation is 1. The van der Waals surface area contributed by atoms with Crippen molar-refractivity contribution in [2.45, 2.75) is 27.2 Å². The fourth-order valence-corrected chi connectivity index (χ4v) is 2.05. The van der Waals surface area contributed by atoms with Crippen LogP contribution in [0, 0.1) is 6.92 Å². The molecule has 0 bridgehead atoms. The number of nitrogens with one attached hydrogen (secondary N) is 1. The van der Waals surface area contributed by atoms with Gasteiger partial charge in [0.15, 0.2) is 0 Å². The van der Waals surface area contributed by atoms with Gasteiger partial charge in [-0.15, -0.1) is 0 Å². The van der Waals surface area contributed by atoms with Crippen LogP contribution in [0.25, 0.3) is 0 Å². The fraction of sp³-hybridized carbons (Fsp3) is 0.667. The number of aromatic nitrogens is 2. The first-order chi connectivity index (χ1) is 9.97. The molecule has 0 aliphatic heterocycles. The number of carbonyl (C=O) groups is 1.